The number of rotatable bonds is 32. The average Bonchev–Trinajstić information content (AvgIpc) is 0.990. The number of aliphatic hydroxyl groups excluding tert-OH is 3. The Balaban J connectivity index is 0.672. The number of nitrogens with one attached hydrogen (secondary N) is 2. The van der Waals surface area contributed by atoms with Crippen LogP contribution in [0.3, 0.4) is 0 Å². The third kappa shape index (κ3) is 16.8. The van der Waals surface area contributed by atoms with Crippen molar-refractivity contribution in [3.05, 3.63) is 125 Å². The fraction of sp³-hybridized carbons (Fsp3) is 0.493. The van der Waals surface area contributed by atoms with Crippen LogP contribution in [0.25, 0.3) is 21.3 Å². The summed E-state index contributed by atoms with van der Waals surface area (Å²) in [5, 5.41) is 73.5. The van der Waals surface area contributed by atoms with E-state index in [1.807, 2.05) is 59.0 Å². The normalized spacial score (nSPS) is 24.7. The van der Waals surface area contributed by atoms with Gasteiger partial charge in [-0.05, 0) is 135 Å². The van der Waals surface area contributed by atoms with Crippen LogP contribution in [0, 0.1) is 23.2 Å². The second kappa shape index (κ2) is 30.9. The van der Waals surface area contributed by atoms with Gasteiger partial charge in [-0.25, -0.2) is 24.4 Å². The number of para-hydroxylation sites is 1. The van der Waals surface area contributed by atoms with E-state index in [0.29, 0.717) is 79.4 Å². The van der Waals surface area contributed by atoms with E-state index in [1.165, 1.54) is 46.6 Å². The Morgan fingerprint density at radius 1 is 0.786 bits per heavy atom. The standard InChI is InChI=1S/C73H85N9O20S/c1-43-49(47-17-18-54(77-59(47)65(92)93)80-25-21-44-10-9-11-48(50(44)34-80)64(91)78-68-76-51-12-6-7-13-53(51)103-68)33-75-82(43)42-72-37-70(2)36-71(3,38-72)40-73(39-70,41-72)100-29-27-79(26-22-58(86)87)69(96)99-35-45-15-16-46(32-52(45)101-67-62(90)60(88)61(89)63(102-67)66(94)95)98-31-30-97-28-23-74-55(83)14-5-4-8-24-81-56(84)19-20-57(81)85/h6-7,9-13,15-20,32-33,60-63,67,88-90H,4-5,8,14,21-31,34-42H2,1-3H3,(H,74,83)(H,86,87)(H,92,93)(H,94,95)(H,76,78,91)/t60-,61-,62+,63-,67+,70?,71?,72?,73?/m1/s1. The van der Waals surface area contributed by atoms with E-state index in [0.717, 1.165) is 64.0 Å². The number of hydrogen-bond donors (Lipinski definition) is 8. The number of benzene rings is 3. The summed E-state index contributed by atoms with van der Waals surface area (Å²) in [5.74, 6) is -4.68. The Morgan fingerprint density at radius 3 is 2.31 bits per heavy atom. The Hall–Kier alpha value is -9.43. The number of carboxylic acid groups (broad SMARTS) is 3. The number of pyridine rings is 1. The number of carbonyl (C=O) groups is 8. The van der Waals surface area contributed by atoms with Crippen LogP contribution in [0.15, 0.2) is 91.1 Å². The van der Waals surface area contributed by atoms with Crippen LogP contribution < -0.4 is 25.0 Å². The van der Waals surface area contributed by atoms with E-state index in [4.69, 9.17) is 38.5 Å². The van der Waals surface area contributed by atoms with Crippen LogP contribution in [-0.2, 0) is 69.0 Å². The van der Waals surface area contributed by atoms with Crippen LogP contribution in [0.1, 0.15) is 128 Å². The van der Waals surface area contributed by atoms with Crippen molar-refractivity contribution in [2.75, 3.05) is 69.4 Å². The quantitative estimate of drug-likeness (QED) is 0.0157. The summed E-state index contributed by atoms with van der Waals surface area (Å²) in [5.41, 5.74) is 3.78. The zero-order chi connectivity index (χ0) is 73.0. The maximum absolute atomic E-state index is 14.2. The molecule has 7 atom stereocenters. The Kier molecular flexibility index (Phi) is 22.0. The first-order valence-electron chi connectivity index (χ1n) is 34.6. The van der Waals surface area contributed by atoms with Crippen LogP contribution >= 0.6 is 11.3 Å². The number of thiazole rings is 1. The zero-order valence-electron chi connectivity index (χ0n) is 57.5. The number of aromatic carboxylic acids is 1. The lowest BCUT2D eigenvalue weighted by molar-refractivity contribution is -0.271. The first-order valence-corrected chi connectivity index (χ1v) is 35.4. The van der Waals surface area contributed by atoms with Crippen molar-refractivity contribution in [3.8, 4) is 22.6 Å². The summed E-state index contributed by atoms with van der Waals surface area (Å²) < 4.78 is 38.7. The summed E-state index contributed by atoms with van der Waals surface area (Å²) in [6.07, 6.45) is 0.537. The molecular formula is C73H85N9O20S. The number of aliphatic carboxylic acids is 2. The number of aromatic nitrogens is 4. The van der Waals surface area contributed by atoms with Crippen molar-refractivity contribution in [2.24, 2.45) is 16.2 Å². The van der Waals surface area contributed by atoms with Crippen molar-refractivity contribution in [1.29, 1.82) is 0 Å². The molecule has 548 valence electrons. The van der Waals surface area contributed by atoms with Gasteiger partial charge in [0.1, 0.15) is 48.8 Å². The number of unbranched alkanes of at least 4 members (excludes halogenated alkanes) is 2. The SMILES string of the molecule is Cc1c(-c2ccc(N3CCc4cccc(C(=O)Nc5nc6ccccc6s5)c4C3)nc2C(=O)O)cnn1CC12CC3(C)CC(C)(C1)CC(OCCN(CCC(=O)O)C(=O)OCc1ccc(OCCOCCNC(=O)CCCCCN4C(=O)C=CC4=O)cc1O[C@H]1O[C@@H](C(=O)O)[C@H](O)[C@@H](O)[C@@H]1O)(C3)C2. The molecule has 7 aliphatic rings. The lowest BCUT2D eigenvalue weighted by Gasteiger charge is -2.69. The summed E-state index contributed by atoms with van der Waals surface area (Å²) in [4.78, 5) is 115. The molecule has 3 aromatic carbocycles. The number of hydrogen-bond acceptors (Lipinski definition) is 22. The molecule has 8 N–H and O–H groups in total. The number of aliphatic hydroxyl groups is 3. The minimum Gasteiger partial charge on any atom is -0.491 e. The maximum Gasteiger partial charge on any atom is 0.410 e. The zero-order valence-corrected chi connectivity index (χ0v) is 58.3. The molecule has 4 saturated carbocycles. The summed E-state index contributed by atoms with van der Waals surface area (Å²) in [7, 11) is 0. The van der Waals surface area contributed by atoms with Gasteiger partial charge in [0.25, 0.3) is 17.7 Å². The molecule has 4 bridgehead atoms. The third-order valence-corrected chi connectivity index (χ3v) is 21.2. The van der Waals surface area contributed by atoms with Crippen LogP contribution in [0.2, 0.25) is 0 Å². The number of nitrogens with zero attached hydrogens (tertiary/aromatic N) is 7. The van der Waals surface area contributed by atoms with E-state index in [1.54, 1.807) is 18.3 Å². The van der Waals surface area contributed by atoms with E-state index in [9.17, 15) is 69.0 Å². The number of imide groups is 1. The molecular weight excluding hydrogens is 1350 g/mol. The maximum atomic E-state index is 14.2. The highest BCUT2D eigenvalue weighted by Gasteiger charge is 2.66. The summed E-state index contributed by atoms with van der Waals surface area (Å²) in [6, 6.07) is 21.3. The second-order valence-corrected chi connectivity index (χ2v) is 29.6. The lowest BCUT2D eigenvalue weighted by atomic mass is 9.39. The largest absolute Gasteiger partial charge is 0.491 e. The average molecular weight is 1440 g/mol. The summed E-state index contributed by atoms with van der Waals surface area (Å²) in [6.45, 7) is 7.82. The highest BCUT2D eigenvalue weighted by Crippen LogP contribution is 2.72. The van der Waals surface area contributed by atoms with Gasteiger partial charge in [0.15, 0.2) is 16.9 Å². The van der Waals surface area contributed by atoms with E-state index >= 15 is 0 Å². The van der Waals surface area contributed by atoms with Crippen molar-refractivity contribution < 1.29 is 97.4 Å². The van der Waals surface area contributed by atoms with E-state index in [-0.39, 0.29) is 122 Å². The third-order valence-electron chi connectivity index (χ3n) is 20.3. The van der Waals surface area contributed by atoms with Gasteiger partial charge >= 0.3 is 24.0 Å². The number of carbonyl (C=O) groups excluding carboxylic acids is 5. The number of anilines is 2. The van der Waals surface area contributed by atoms with Gasteiger partial charge in [0, 0.05) is 98.4 Å². The monoisotopic (exact) mass is 1440 g/mol. The predicted octanol–water partition coefficient (Wildman–Crippen LogP) is 6.89. The van der Waals surface area contributed by atoms with Crippen LogP contribution in [-0.4, -0.2) is 203 Å². The second-order valence-electron chi connectivity index (χ2n) is 28.5. The van der Waals surface area contributed by atoms with Crippen LogP contribution in [0.4, 0.5) is 15.7 Å². The van der Waals surface area contributed by atoms with E-state index in [2.05, 4.69) is 29.5 Å². The first kappa shape index (κ1) is 73.3. The smallest absolute Gasteiger partial charge is 0.410 e. The molecule has 1 saturated heterocycles. The molecule has 0 spiro atoms. The Morgan fingerprint density at radius 2 is 1.56 bits per heavy atom. The minimum atomic E-state index is -2.01. The molecule has 5 amide bonds. The lowest BCUT2D eigenvalue weighted by Crippen LogP contribution is -2.64. The molecule has 29 nitrogen and oxygen atoms in total. The highest BCUT2D eigenvalue weighted by atomic mass is 32.1. The molecule has 5 fully saturated rings. The van der Waals surface area contributed by atoms with Crippen molar-refractivity contribution >= 4 is 80.1 Å². The fourth-order valence-electron chi connectivity index (χ4n) is 16.7. The number of ether oxygens (including phenoxy) is 6. The molecule has 3 aliphatic heterocycles. The molecule has 13 rings (SSSR count). The molecule has 6 heterocycles. The topological polar surface area (TPSA) is 391 Å². The predicted molar refractivity (Wildman–Crippen MR) is 370 cm³/mol. The fourth-order valence-corrected chi connectivity index (χ4v) is 17.6. The van der Waals surface area contributed by atoms with Gasteiger partial charge in [-0.1, -0.05) is 55.9 Å². The molecule has 6 aromatic rings. The summed E-state index contributed by atoms with van der Waals surface area (Å²) >= 11 is 1.39. The molecule has 3 aromatic heterocycles. The Labute approximate surface area is 596 Å². The van der Waals surface area contributed by atoms with Crippen molar-refractivity contribution in [2.45, 2.75) is 154 Å². The van der Waals surface area contributed by atoms with Crippen molar-refractivity contribution in [3.63, 3.8) is 0 Å². The minimum absolute atomic E-state index is 0.0103. The highest BCUT2D eigenvalue weighted by molar-refractivity contribution is 7.22. The molecule has 2 unspecified atom stereocenters. The van der Waals surface area contributed by atoms with E-state index < -0.39 is 73.3 Å². The number of carboxylic acids is 3. The van der Waals surface area contributed by atoms with Gasteiger partial charge < -0.3 is 74.2 Å². The Bertz CT molecular complexity index is 4180. The van der Waals surface area contributed by atoms with Crippen molar-refractivity contribution in [1.82, 2.24) is 34.9 Å². The number of fused-ring (bicyclic) bond motifs is 2. The number of amides is 5. The molecule has 30 heteroatoms. The van der Waals surface area contributed by atoms with Gasteiger partial charge in [0.2, 0.25) is 12.2 Å². The van der Waals surface area contributed by atoms with Gasteiger partial charge in [0.05, 0.1) is 48.3 Å². The first-order chi connectivity index (χ1) is 49.3. The molecule has 103 heavy (non-hydrogen) atoms. The van der Waals surface area contributed by atoms with Gasteiger partial charge in [-0.2, -0.15) is 5.10 Å². The molecule has 4 aliphatic carbocycles. The van der Waals surface area contributed by atoms with Gasteiger partial charge in [-0.3, -0.25) is 38.9 Å². The van der Waals surface area contributed by atoms with Crippen LogP contribution in [0.5, 0.6) is 11.5 Å². The molecule has 0 radical (unpaired) electrons. The van der Waals surface area contributed by atoms with Gasteiger partial charge in [-0.15, -0.1) is 0 Å².